The van der Waals surface area contributed by atoms with E-state index in [-0.39, 0.29) is 5.16 Å². The molecule has 134 valence electrons. The highest BCUT2D eigenvalue weighted by Gasteiger charge is 2.36. The van der Waals surface area contributed by atoms with Crippen LogP contribution < -0.4 is 4.90 Å². The zero-order valence-electron chi connectivity index (χ0n) is 14.3. The average molecular weight is 369 g/mol. The number of hydrogen-bond acceptors (Lipinski definition) is 4. The number of aromatic amines is 1. The van der Waals surface area contributed by atoms with Gasteiger partial charge in [0.25, 0.3) is 0 Å². The summed E-state index contributed by atoms with van der Waals surface area (Å²) in [7, 11) is -3.91. The molecule has 6 nitrogen and oxygen atoms in total. The van der Waals surface area contributed by atoms with E-state index in [0.29, 0.717) is 17.6 Å². The van der Waals surface area contributed by atoms with Gasteiger partial charge in [0.1, 0.15) is 5.25 Å². The van der Waals surface area contributed by atoms with Crippen molar-refractivity contribution in [3.05, 3.63) is 54.1 Å². The number of sulfone groups is 1. The molecule has 1 aromatic heterocycles. The Morgan fingerprint density at radius 3 is 2.69 bits per heavy atom. The van der Waals surface area contributed by atoms with Crippen molar-refractivity contribution in [1.82, 2.24) is 9.97 Å². The third-order valence-corrected chi connectivity index (χ3v) is 6.69. The number of carbonyl (C=O) groups excluding carboxylic acids is 1. The molecule has 1 N–H and O–H groups in total. The van der Waals surface area contributed by atoms with Crippen LogP contribution in [0, 0.1) is 0 Å². The van der Waals surface area contributed by atoms with E-state index >= 15 is 0 Å². The summed E-state index contributed by atoms with van der Waals surface area (Å²) in [6.07, 6.45) is 1.71. The third kappa shape index (κ3) is 2.68. The lowest BCUT2D eigenvalue weighted by molar-refractivity contribution is -0.118. The van der Waals surface area contributed by atoms with E-state index in [2.05, 4.69) is 9.97 Å². The van der Waals surface area contributed by atoms with Crippen LogP contribution in [0.3, 0.4) is 0 Å². The zero-order chi connectivity index (χ0) is 18.3. The summed E-state index contributed by atoms with van der Waals surface area (Å²) >= 11 is 0. The van der Waals surface area contributed by atoms with Gasteiger partial charge in [0.05, 0.1) is 11.0 Å². The molecule has 1 aliphatic heterocycles. The molecule has 0 saturated carbocycles. The second-order valence-electron chi connectivity index (χ2n) is 6.47. The maximum atomic E-state index is 13.0. The van der Waals surface area contributed by atoms with Crippen LogP contribution >= 0.6 is 0 Å². The topological polar surface area (TPSA) is 83.1 Å². The lowest BCUT2D eigenvalue weighted by Crippen LogP contribution is -2.44. The van der Waals surface area contributed by atoms with Crippen LogP contribution in [0.15, 0.2) is 53.7 Å². The number of imidazole rings is 1. The van der Waals surface area contributed by atoms with E-state index < -0.39 is 21.0 Å². The fraction of sp³-hybridized carbons (Fsp3) is 0.263. The molecule has 0 aliphatic carbocycles. The molecule has 1 amide bonds. The van der Waals surface area contributed by atoms with E-state index in [1.165, 1.54) is 6.92 Å². The number of benzene rings is 2. The number of nitrogens with one attached hydrogen (secondary N) is 1. The molecule has 0 bridgehead atoms. The molecule has 4 rings (SSSR count). The number of aromatic nitrogens is 2. The molecule has 0 radical (unpaired) electrons. The first kappa shape index (κ1) is 16.8. The van der Waals surface area contributed by atoms with E-state index in [4.69, 9.17) is 0 Å². The maximum absolute atomic E-state index is 13.0. The van der Waals surface area contributed by atoms with Crippen molar-refractivity contribution in [3.8, 4) is 0 Å². The monoisotopic (exact) mass is 369 g/mol. The number of fused-ring (bicyclic) bond motifs is 2. The van der Waals surface area contributed by atoms with Crippen LogP contribution in [0.25, 0.3) is 11.0 Å². The van der Waals surface area contributed by atoms with Crippen molar-refractivity contribution in [2.75, 3.05) is 11.4 Å². The quantitative estimate of drug-likeness (QED) is 0.769. The Hall–Kier alpha value is -2.67. The third-order valence-electron chi connectivity index (χ3n) is 4.83. The van der Waals surface area contributed by atoms with E-state index in [1.807, 2.05) is 24.3 Å². The van der Waals surface area contributed by atoms with Crippen LogP contribution in [-0.2, 0) is 21.1 Å². The molecule has 0 unspecified atom stereocenters. The van der Waals surface area contributed by atoms with Crippen molar-refractivity contribution in [1.29, 1.82) is 0 Å². The van der Waals surface area contributed by atoms with Gasteiger partial charge < -0.3 is 9.88 Å². The van der Waals surface area contributed by atoms with Gasteiger partial charge in [-0.3, -0.25) is 4.79 Å². The van der Waals surface area contributed by atoms with Crippen molar-refractivity contribution in [2.45, 2.75) is 30.2 Å². The SMILES string of the molecule is C[C@H](C(=O)N1CCCc2ccccc21)S(=O)(=O)c1nc2ccccc2[nH]1. The van der Waals surface area contributed by atoms with E-state index in [0.717, 1.165) is 24.1 Å². The number of aryl methyl sites for hydroxylation is 1. The Labute approximate surface area is 151 Å². The first-order valence-electron chi connectivity index (χ1n) is 8.56. The molecule has 0 spiro atoms. The first-order chi connectivity index (χ1) is 12.5. The van der Waals surface area contributed by atoms with Crippen molar-refractivity contribution < 1.29 is 13.2 Å². The van der Waals surface area contributed by atoms with Crippen LogP contribution in [-0.4, -0.2) is 36.1 Å². The van der Waals surface area contributed by atoms with Gasteiger partial charge in [0.2, 0.25) is 20.9 Å². The van der Waals surface area contributed by atoms with Crippen LogP contribution in [0.1, 0.15) is 18.9 Å². The van der Waals surface area contributed by atoms with Gasteiger partial charge in [-0.1, -0.05) is 30.3 Å². The highest BCUT2D eigenvalue weighted by Crippen LogP contribution is 2.29. The summed E-state index contributed by atoms with van der Waals surface area (Å²) in [6, 6.07) is 14.7. The number of H-pyrrole nitrogens is 1. The lowest BCUT2D eigenvalue weighted by atomic mass is 10.0. The standard InChI is InChI=1S/C19H19N3O3S/c1-13(18(23)22-12-6-8-14-7-2-5-11-17(14)22)26(24,25)19-20-15-9-3-4-10-16(15)21-19/h2-5,7,9-11,13H,6,8,12H2,1H3,(H,20,21)/t13-/m1/s1. The predicted molar refractivity (Wildman–Crippen MR) is 99.9 cm³/mol. The Morgan fingerprint density at radius 2 is 1.88 bits per heavy atom. The molecule has 7 heteroatoms. The van der Waals surface area contributed by atoms with Crippen LogP contribution in [0.5, 0.6) is 0 Å². The minimum atomic E-state index is -3.91. The Balaban J connectivity index is 1.68. The Kier molecular flexibility index (Phi) is 4.03. The number of hydrogen-bond donors (Lipinski definition) is 1. The van der Waals surface area contributed by atoms with Crippen molar-refractivity contribution >= 4 is 32.5 Å². The molecule has 0 saturated heterocycles. The van der Waals surface area contributed by atoms with Gasteiger partial charge in [0, 0.05) is 12.2 Å². The Morgan fingerprint density at radius 1 is 1.15 bits per heavy atom. The van der Waals surface area contributed by atoms with Gasteiger partial charge in [0.15, 0.2) is 0 Å². The fourth-order valence-electron chi connectivity index (χ4n) is 3.35. The van der Waals surface area contributed by atoms with Gasteiger partial charge in [-0.2, -0.15) is 0 Å². The van der Waals surface area contributed by atoms with E-state index in [1.54, 1.807) is 29.2 Å². The summed E-state index contributed by atoms with van der Waals surface area (Å²) in [4.78, 5) is 21.6. The molecule has 3 aromatic rings. The van der Waals surface area contributed by atoms with Crippen molar-refractivity contribution in [2.24, 2.45) is 0 Å². The second-order valence-corrected chi connectivity index (χ2v) is 8.65. The predicted octanol–water partition coefficient (Wildman–Crippen LogP) is 2.70. The number of carbonyl (C=O) groups is 1. The summed E-state index contributed by atoms with van der Waals surface area (Å²) < 4.78 is 25.9. The summed E-state index contributed by atoms with van der Waals surface area (Å²) in [5.41, 5.74) is 3.07. The van der Waals surface area contributed by atoms with Gasteiger partial charge in [-0.15, -0.1) is 0 Å². The largest absolute Gasteiger partial charge is 0.329 e. The summed E-state index contributed by atoms with van der Waals surface area (Å²) in [6.45, 7) is 1.96. The summed E-state index contributed by atoms with van der Waals surface area (Å²) in [5, 5.41) is -1.38. The lowest BCUT2D eigenvalue weighted by Gasteiger charge is -2.31. The van der Waals surface area contributed by atoms with Gasteiger partial charge in [-0.25, -0.2) is 13.4 Å². The molecule has 2 aromatic carbocycles. The van der Waals surface area contributed by atoms with Crippen LogP contribution in [0.2, 0.25) is 0 Å². The zero-order valence-corrected chi connectivity index (χ0v) is 15.2. The number of anilines is 1. The normalized spacial score (nSPS) is 15.7. The highest BCUT2D eigenvalue weighted by molar-refractivity contribution is 7.92. The second kappa shape index (κ2) is 6.25. The average Bonchev–Trinajstić information content (AvgIpc) is 3.11. The first-order valence-corrected chi connectivity index (χ1v) is 10.1. The molecule has 2 heterocycles. The van der Waals surface area contributed by atoms with Crippen LogP contribution in [0.4, 0.5) is 5.69 Å². The number of nitrogens with zero attached hydrogens (tertiary/aromatic N) is 2. The molecular weight excluding hydrogens is 350 g/mol. The molecule has 1 atom stereocenters. The van der Waals surface area contributed by atoms with Gasteiger partial charge in [-0.05, 0) is 43.5 Å². The number of rotatable bonds is 3. The molecule has 0 fully saturated rings. The van der Waals surface area contributed by atoms with Gasteiger partial charge >= 0.3 is 0 Å². The maximum Gasteiger partial charge on any atom is 0.245 e. The van der Waals surface area contributed by atoms with E-state index in [9.17, 15) is 13.2 Å². The highest BCUT2D eigenvalue weighted by atomic mass is 32.2. The fourth-order valence-corrected chi connectivity index (χ4v) is 4.55. The minimum Gasteiger partial charge on any atom is -0.329 e. The number of amides is 1. The summed E-state index contributed by atoms with van der Waals surface area (Å²) in [5.74, 6) is -0.419. The smallest absolute Gasteiger partial charge is 0.245 e. The van der Waals surface area contributed by atoms with Crippen molar-refractivity contribution in [3.63, 3.8) is 0 Å². The minimum absolute atomic E-state index is 0.162. The molecule has 26 heavy (non-hydrogen) atoms. The number of para-hydroxylation sites is 3. The Bertz CT molecular complexity index is 1060. The molecule has 1 aliphatic rings. The molecular formula is C19H19N3O3S.